The van der Waals surface area contributed by atoms with E-state index in [1.807, 2.05) is 50.2 Å². The number of amides is 3. The maximum Gasteiger partial charge on any atom is 0.275 e. The number of ether oxygens (including phenoxy) is 2. The van der Waals surface area contributed by atoms with Gasteiger partial charge in [-0.1, -0.05) is 85.9 Å². The third-order valence-electron chi connectivity index (χ3n) is 11.9. The second-order valence-corrected chi connectivity index (χ2v) is 18.3. The van der Waals surface area contributed by atoms with E-state index in [1.165, 1.54) is 35.0 Å². The summed E-state index contributed by atoms with van der Waals surface area (Å²) in [6.45, 7) is 11.0. The highest BCUT2D eigenvalue weighted by Crippen LogP contribution is 2.32. The van der Waals surface area contributed by atoms with Crippen LogP contribution >= 0.6 is 11.6 Å². The number of morpholine rings is 1. The number of carbonyl (C=O) groups is 3. The monoisotopic (exact) mass is 923 g/mol. The summed E-state index contributed by atoms with van der Waals surface area (Å²) in [4.78, 5) is 51.5. The number of azide groups is 1. The fourth-order valence-electron chi connectivity index (χ4n) is 8.19. The molecule has 0 saturated carbocycles. The number of unbranched alkanes of at least 4 members (excludes halogenated alkanes) is 2. The molecule has 16 nitrogen and oxygen atoms in total. The van der Waals surface area contributed by atoms with Gasteiger partial charge in [-0.05, 0) is 84.6 Å². The predicted octanol–water partition coefficient (Wildman–Crippen LogP) is 7.74. The van der Waals surface area contributed by atoms with E-state index in [0.29, 0.717) is 62.7 Å². The average molecular weight is 925 g/mol. The zero-order valence-corrected chi connectivity index (χ0v) is 38.5. The Balaban J connectivity index is 1.23. The molecular weight excluding hydrogens is 870 g/mol. The van der Waals surface area contributed by atoms with Crippen molar-refractivity contribution in [2.75, 3.05) is 59.1 Å². The number of benzene rings is 4. The molecule has 1 unspecified atom stereocenters. The van der Waals surface area contributed by atoms with Crippen LogP contribution in [0.1, 0.15) is 87.6 Å². The van der Waals surface area contributed by atoms with Crippen molar-refractivity contribution in [1.82, 2.24) is 29.2 Å². The van der Waals surface area contributed by atoms with Crippen LogP contribution in [0.15, 0.2) is 88.9 Å². The molecule has 3 heterocycles. The highest BCUT2D eigenvalue weighted by molar-refractivity contribution is 7.90. The molecule has 2 aliphatic rings. The van der Waals surface area contributed by atoms with E-state index in [1.54, 1.807) is 28.9 Å². The smallest absolute Gasteiger partial charge is 0.275 e. The van der Waals surface area contributed by atoms with E-state index >= 15 is 4.79 Å². The first-order chi connectivity index (χ1) is 31.4. The fraction of sp³-hybridized carbons (Fsp3) is 0.404. The third-order valence-corrected chi connectivity index (χ3v) is 13.7. The van der Waals surface area contributed by atoms with E-state index < -0.39 is 27.9 Å². The zero-order valence-electron chi connectivity index (χ0n) is 36.9. The summed E-state index contributed by atoms with van der Waals surface area (Å²) in [7, 11) is -4.46. The molecule has 1 N–H and O–H groups in total. The lowest BCUT2D eigenvalue weighted by atomic mass is 9.93. The van der Waals surface area contributed by atoms with Gasteiger partial charge < -0.3 is 19.3 Å². The van der Waals surface area contributed by atoms with Crippen molar-refractivity contribution < 1.29 is 32.3 Å². The molecular formula is C47H54ClN9O7S. The van der Waals surface area contributed by atoms with Crippen LogP contribution in [-0.2, 0) is 27.7 Å². The molecule has 7 rings (SSSR count). The van der Waals surface area contributed by atoms with Crippen LogP contribution < -0.4 is 9.46 Å². The lowest BCUT2D eigenvalue weighted by molar-refractivity contribution is 0.0323. The molecule has 342 valence electrons. The number of fused-ring (bicyclic) bond motifs is 2. The largest absolute Gasteiger partial charge is 0.492 e. The summed E-state index contributed by atoms with van der Waals surface area (Å²) < 4.78 is 43.1. The minimum Gasteiger partial charge on any atom is -0.492 e. The van der Waals surface area contributed by atoms with Crippen molar-refractivity contribution in [3.05, 3.63) is 128 Å². The van der Waals surface area contributed by atoms with Crippen LogP contribution in [0.4, 0.5) is 0 Å². The van der Waals surface area contributed by atoms with Crippen LogP contribution in [0, 0.1) is 6.92 Å². The lowest BCUT2D eigenvalue weighted by Crippen LogP contribution is -2.46. The number of hydrogen-bond acceptors (Lipinski definition) is 10. The molecule has 65 heavy (non-hydrogen) atoms. The molecule has 0 spiro atoms. The number of aromatic nitrogens is 2. The van der Waals surface area contributed by atoms with Crippen LogP contribution in [0.25, 0.3) is 26.9 Å². The van der Waals surface area contributed by atoms with Gasteiger partial charge in [0.25, 0.3) is 27.7 Å². The molecule has 0 bridgehead atoms. The Morgan fingerprint density at radius 2 is 1.72 bits per heavy atom. The number of carbonyl (C=O) groups excluding carboxylic acids is 3. The average Bonchev–Trinajstić information content (AvgIpc) is 3.62. The first kappa shape index (κ1) is 47.0. The SMILES string of the molecule is CCCCN(CCCC)C(=O)c1nn(-c2ccc(C(=O)NS(=O)(=O)c3ccc4cccc(OCCN5CCOCC5)c4c3)cc2C(=O)N2Cc3ccccc3CC2CN=[N+]=[N-])c(C)c1Cl. The van der Waals surface area contributed by atoms with E-state index in [2.05, 4.69) is 19.6 Å². The van der Waals surface area contributed by atoms with Crippen molar-refractivity contribution in [3.8, 4) is 11.4 Å². The van der Waals surface area contributed by atoms with Gasteiger partial charge in [-0.15, -0.1) is 0 Å². The summed E-state index contributed by atoms with van der Waals surface area (Å²) in [6, 6.07) is 21.3. The van der Waals surface area contributed by atoms with Crippen molar-refractivity contribution in [1.29, 1.82) is 0 Å². The molecule has 1 saturated heterocycles. The summed E-state index contributed by atoms with van der Waals surface area (Å²) in [5.74, 6) is -1.35. The van der Waals surface area contributed by atoms with Gasteiger partial charge in [0.15, 0.2) is 5.69 Å². The van der Waals surface area contributed by atoms with Gasteiger partial charge in [0.2, 0.25) is 0 Å². The Morgan fingerprint density at radius 1 is 0.985 bits per heavy atom. The van der Waals surface area contributed by atoms with E-state index in [9.17, 15) is 23.5 Å². The molecule has 5 aromatic rings. The Bertz CT molecular complexity index is 2710. The minimum absolute atomic E-state index is 0.0139. The normalized spacial score (nSPS) is 15.3. The molecule has 18 heteroatoms. The van der Waals surface area contributed by atoms with E-state index in [-0.39, 0.29) is 51.4 Å². The van der Waals surface area contributed by atoms with Crippen LogP contribution in [0.5, 0.6) is 5.75 Å². The number of hydrogen-bond donors (Lipinski definition) is 1. The molecule has 0 aliphatic carbocycles. The number of rotatable bonds is 18. The molecule has 1 fully saturated rings. The molecule has 3 amide bonds. The summed E-state index contributed by atoms with van der Waals surface area (Å²) in [5, 5.41) is 9.95. The molecule has 1 atom stereocenters. The van der Waals surface area contributed by atoms with Crippen molar-refractivity contribution in [2.24, 2.45) is 5.11 Å². The first-order valence-electron chi connectivity index (χ1n) is 22.0. The van der Waals surface area contributed by atoms with Crippen molar-refractivity contribution in [2.45, 2.75) is 70.4 Å². The molecule has 0 radical (unpaired) electrons. The van der Waals surface area contributed by atoms with E-state index in [4.69, 9.17) is 26.2 Å². The van der Waals surface area contributed by atoms with Crippen molar-refractivity contribution >= 4 is 50.1 Å². The van der Waals surface area contributed by atoms with E-state index in [0.717, 1.165) is 55.3 Å². The number of nitrogens with zero attached hydrogens (tertiary/aromatic N) is 8. The summed E-state index contributed by atoms with van der Waals surface area (Å²) in [6.07, 6.45) is 3.77. The maximum absolute atomic E-state index is 15.0. The standard InChI is InChI=1S/C47H54ClN9O7S/c1-4-6-19-55(20-7-5-2)47(60)44-43(48)32(3)57(51-44)41-18-16-35(28-40(41)46(59)56-31-36-12-9-8-11-34(36)27-37(56)30-50-53-49)45(58)52-65(61,62)38-17-15-33-13-10-14-42(39(33)29-38)64-26-23-54-21-24-63-25-22-54/h8-18,28-29,37H,4-7,19-27,30-31H2,1-3H3,(H,52,58). The van der Waals surface area contributed by atoms with Gasteiger partial charge in [-0.2, -0.15) is 5.10 Å². The second-order valence-electron chi connectivity index (χ2n) is 16.2. The van der Waals surface area contributed by atoms with Crippen molar-refractivity contribution in [3.63, 3.8) is 0 Å². The Hall–Kier alpha value is -5.97. The molecule has 4 aromatic carbocycles. The fourth-order valence-corrected chi connectivity index (χ4v) is 9.39. The van der Waals surface area contributed by atoms with Crippen LogP contribution in [-0.4, -0.2) is 116 Å². The first-order valence-corrected chi connectivity index (χ1v) is 23.9. The van der Waals surface area contributed by atoms with Gasteiger partial charge in [0.1, 0.15) is 12.4 Å². The number of nitrogens with one attached hydrogen (secondary N) is 1. The highest BCUT2D eigenvalue weighted by Gasteiger charge is 2.34. The Labute approximate surface area is 384 Å². The topological polar surface area (TPSA) is 192 Å². The Morgan fingerprint density at radius 3 is 2.45 bits per heavy atom. The number of sulfonamides is 1. The van der Waals surface area contributed by atoms with Gasteiger partial charge in [-0.25, -0.2) is 17.8 Å². The van der Waals surface area contributed by atoms with Gasteiger partial charge in [0, 0.05) is 67.7 Å². The molecule has 1 aromatic heterocycles. The van der Waals surface area contributed by atoms with Gasteiger partial charge in [0.05, 0.1) is 40.1 Å². The van der Waals surface area contributed by atoms with Gasteiger partial charge >= 0.3 is 0 Å². The number of halogens is 1. The third kappa shape index (κ3) is 10.8. The van der Waals surface area contributed by atoms with Crippen LogP contribution in [0.2, 0.25) is 5.02 Å². The highest BCUT2D eigenvalue weighted by atomic mass is 35.5. The molecule has 2 aliphatic heterocycles. The predicted molar refractivity (Wildman–Crippen MR) is 248 cm³/mol. The zero-order chi connectivity index (χ0) is 46.1. The van der Waals surface area contributed by atoms with Gasteiger partial charge in [-0.3, -0.25) is 19.3 Å². The Kier molecular flexibility index (Phi) is 15.4. The van der Waals surface area contributed by atoms with Crippen LogP contribution in [0.3, 0.4) is 0 Å². The minimum atomic E-state index is -4.46. The lowest BCUT2D eigenvalue weighted by Gasteiger charge is -2.36. The summed E-state index contributed by atoms with van der Waals surface area (Å²) >= 11 is 6.89. The quantitative estimate of drug-likeness (QED) is 0.0520. The maximum atomic E-state index is 15.0. The second kappa shape index (κ2) is 21.3. The summed E-state index contributed by atoms with van der Waals surface area (Å²) in [5.41, 5.74) is 11.6.